The van der Waals surface area contributed by atoms with Gasteiger partial charge in [0.25, 0.3) is 0 Å². The number of halogens is 1. The predicted octanol–water partition coefficient (Wildman–Crippen LogP) is 2.39. The lowest BCUT2D eigenvalue weighted by molar-refractivity contribution is -0.00921. The van der Waals surface area contributed by atoms with Gasteiger partial charge in [-0.05, 0) is 24.3 Å². The van der Waals surface area contributed by atoms with Gasteiger partial charge in [0.2, 0.25) is 0 Å². The maximum absolute atomic E-state index is 13.9. The van der Waals surface area contributed by atoms with E-state index in [1.54, 1.807) is 6.07 Å². The normalized spacial score (nSPS) is 25.2. The minimum atomic E-state index is -0.308. The van der Waals surface area contributed by atoms with Crippen molar-refractivity contribution in [3.05, 3.63) is 30.3 Å². The Bertz CT molecular complexity index is 717. The molecule has 2 aliphatic heterocycles. The minimum Gasteiger partial charge on any atom is -0.379 e. The summed E-state index contributed by atoms with van der Waals surface area (Å²) in [5, 5.41) is 4.22. The van der Waals surface area contributed by atoms with Gasteiger partial charge in [-0.15, -0.1) is 0 Å². The van der Waals surface area contributed by atoms with E-state index in [1.807, 2.05) is 17.8 Å². The number of benzene rings is 1. The maximum atomic E-state index is 13.9. The molecule has 0 radical (unpaired) electrons. The molecule has 0 spiro atoms. The lowest BCUT2D eigenvalue weighted by Crippen LogP contribution is -2.57. The van der Waals surface area contributed by atoms with Crippen molar-refractivity contribution in [3.8, 4) is 0 Å². The van der Waals surface area contributed by atoms with E-state index in [9.17, 15) is 4.39 Å². The molecule has 2 aromatic rings. The van der Waals surface area contributed by atoms with Crippen molar-refractivity contribution >= 4 is 28.5 Å². The molecule has 1 atom stereocenters. The molecule has 1 aromatic heterocycles. The highest BCUT2D eigenvalue weighted by molar-refractivity contribution is 7.99. The minimum absolute atomic E-state index is 0.124. The lowest BCUT2D eigenvalue weighted by Gasteiger charge is -2.43. The second-order valence-electron chi connectivity index (χ2n) is 6.34. The fraction of sp³-hybridized carbons (Fsp3) is 0.529. The van der Waals surface area contributed by atoms with E-state index >= 15 is 0 Å². The van der Waals surface area contributed by atoms with Gasteiger partial charge in [-0.2, -0.15) is 11.8 Å². The number of aromatic nitrogens is 2. The number of fused-ring (bicyclic) bond motifs is 1. The third-order valence-electron chi connectivity index (χ3n) is 4.96. The summed E-state index contributed by atoms with van der Waals surface area (Å²) in [5.41, 5.74) is 0.496. The van der Waals surface area contributed by atoms with Crippen LogP contribution in [-0.2, 0) is 4.74 Å². The Kier molecular flexibility index (Phi) is 4.56. The van der Waals surface area contributed by atoms with Crippen molar-refractivity contribution < 1.29 is 9.13 Å². The van der Waals surface area contributed by atoms with Crippen molar-refractivity contribution in [2.24, 2.45) is 0 Å². The van der Waals surface area contributed by atoms with Gasteiger partial charge >= 0.3 is 0 Å². The molecule has 0 aliphatic carbocycles. The fourth-order valence-corrected chi connectivity index (χ4v) is 5.05. The Morgan fingerprint density at radius 2 is 2.17 bits per heavy atom. The molecule has 4 rings (SSSR count). The molecule has 2 aliphatic rings. The largest absolute Gasteiger partial charge is 0.379 e. The molecule has 7 heteroatoms. The summed E-state index contributed by atoms with van der Waals surface area (Å²) in [4.78, 5) is 11.0. The number of nitrogens with one attached hydrogen (secondary N) is 1. The molecule has 0 bridgehead atoms. The first-order chi connectivity index (χ1) is 11.8. The number of hydrogen-bond acceptors (Lipinski definition) is 6. The quantitative estimate of drug-likeness (QED) is 0.916. The van der Waals surface area contributed by atoms with Crippen molar-refractivity contribution in [3.63, 3.8) is 0 Å². The second-order valence-corrected chi connectivity index (χ2v) is 7.44. The molecule has 1 unspecified atom stereocenters. The molecule has 24 heavy (non-hydrogen) atoms. The van der Waals surface area contributed by atoms with Crippen LogP contribution in [-0.4, -0.2) is 64.8 Å². The number of para-hydroxylation sites is 1. The van der Waals surface area contributed by atoms with Gasteiger partial charge < -0.3 is 10.1 Å². The monoisotopic (exact) mass is 348 g/mol. The van der Waals surface area contributed by atoms with Crippen LogP contribution in [0.3, 0.4) is 0 Å². The first-order valence-corrected chi connectivity index (χ1v) is 9.48. The van der Waals surface area contributed by atoms with Crippen molar-refractivity contribution in [1.29, 1.82) is 0 Å². The van der Waals surface area contributed by atoms with Crippen molar-refractivity contribution in [2.45, 2.75) is 12.0 Å². The number of morpholine rings is 1. The summed E-state index contributed by atoms with van der Waals surface area (Å²) < 4.78 is 19.4. The highest BCUT2D eigenvalue weighted by Gasteiger charge is 2.40. The SMILES string of the molecule is Fc1cccc2c(NCC3(N4CCOCC4)CCSC3)ncnc12. The summed E-state index contributed by atoms with van der Waals surface area (Å²) in [6, 6.07) is 5.00. The summed E-state index contributed by atoms with van der Waals surface area (Å²) in [6.45, 7) is 4.35. The summed E-state index contributed by atoms with van der Waals surface area (Å²) in [6.07, 6.45) is 2.58. The molecule has 2 fully saturated rings. The Morgan fingerprint density at radius 1 is 1.29 bits per heavy atom. The van der Waals surface area contributed by atoms with Gasteiger partial charge in [0.15, 0.2) is 0 Å². The summed E-state index contributed by atoms with van der Waals surface area (Å²) in [7, 11) is 0. The lowest BCUT2D eigenvalue weighted by atomic mass is 9.95. The highest BCUT2D eigenvalue weighted by atomic mass is 32.2. The number of anilines is 1. The smallest absolute Gasteiger partial charge is 0.149 e. The number of thioether (sulfide) groups is 1. The Labute approximate surface area is 145 Å². The Balaban J connectivity index is 1.58. The van der Waals surface area contributed by atoms with E-state index in [2.05, 4.69) is 20.2 Å². The average Bonchev–Trinajstić information content (AvgIpc) is 3.11. The molecule has 0 saturated carbocycles. The Morgan fingerprint density at radius 3 is 2.96 bits per heavy atom. The van der Waals surface area contributed by atoms with Crippen LogP contribution in [0.2, 0.25) is 0 Å². The molecule has 5 nitrogen and oxygen atoms in total. The van der Waals surface area contributed by atoms with Crippen LogP contribution >= 0.6 is 11.8 Å². The fourth-order valence-electron chi connectivity index (χ4n) is 3.58. The van der Waals surface area contributed by atoms with E-state index in [0.717, 1.165) is 50.4 Å². The van der Waals surface area contributed by atoms with Gasteiger partial charge in [-0.25, -0.2) is 14.4 Å². The molecular formula is C17H21FN4OS. The van der Waals surface area contributed by atoms with Gasteiger partial charge in [-0.3, -0.25) is 4.90 Å². The zero-order chi connectivity index (χ0) is 16.4. The van der Waals surface area contributed by atoms with Crippen LogP contribution in [0.5, 0.6) is 0 Å². The highest BCUT2D eigenvalue weighted by Crippen LogP contribution is 2.34. The van der Waals surface area contributed by atoms with Gasteiger partial charge in [0.05, 0.1) is 13.2 Å². The molecule has 1 N–H and O–H groups in total. The summed E-state index contributed by atoms with van der Waals surface area (Å²) >= 11 is 2.00. The van der Waals surface area contributed by atoms with E-state index in [-0.39, 0.29) is 11.4 Å². The Hall–Kier alpha value is -1.44. The first-order valence-electron chi connectivity index (χ1n) is 8.32. The maximum Gasteiger partial charge on any atom is 0.149 e. The molecule has 2 saturated heterocycles. The topological polar surface area (TPSA) is 50.3 Å². The third kappa shape index (κ3) is 2.96. The third-order valence-corrected chi connectivity index (χ3v) is 6.20. The van der Waals surface area contributed by atoms with Crippen LogP contribution in [0.15, 0.2) is 24.5 Å². The van der Waals surface area contributed by atoms with Gasteiger partial charge in [-0.1, -0.05) is 6.07 Å². The van der Waals surface area contributed by atoms with Crippen LogP contribution < -0.4 is 5.32 Å². The number of rotatable bonds is 4. The molecular weight excluding hydrogens is 327 g/mol. The van der Waals surface area contributed by atoms with Crippen LogP contribution in [0.25, 0.3) is 10.9 Å². The van der Waals surface area contributed by atoms with Crippen molar-refractivity contribution in [1.82, 2.24) is 14.9 Å². The number of nitrogens with zero attached hydrogens (tertiary/aromatic N) is 3. The van der Waals surface area contributed by atoms with Gasteiger partial charge in [0, 0.05) is 36.3 Å². The van der Waals surface area contributed by atoms with E-state index in [0.29, 0.717) is 11.3 Å². The predicted molar refractivity (Wildman–Crippen MR) is 95.1 cm³/mol. The number of ether oxygens (including phenoxy) is 1. The standard InChI is InChI=1S/C17H21FN4OS/c18-14-3-1-2-13-15(14)20-12-21-16(13)19-10-17(4-9-24-11-17)22-5-7-23-8-6-22/h1-3,12H,4-11H2,(H,19,20,21). The molecule has 1 aromatic carbocycles. The van der Waals surface area contributed by atoms with Crippen LogP contribution in [0.1, 0.15) is 6.42 Å². The molecule has 0 amide bonds. The average molecular weight is 348 g/mol. The zero-order valence-corrected chi connectivity index (χ0v) is 14.3. The van der Waals surface area contributed by atoms with Crippen LogP contribution in [0.4, 0.5) is 10.2 Å². The van der Waals surface area contributed by atoms with E-state index in [1.165, 1.54) is 18.1 Å². The van der Waals surface area contributed by atoms with E-state index in [4.69, 9.17) is 4.74 Å². The molecule has 3 heterocycles. The summed E-state index contributed by atoms with van der Waals surface area (Å²) in [5.74, 6) is 2.69. The van der Waals surface area contributed by atoms with Crippen molar-refractivity contribution in [2.75, 3.05) is 49.7 Å². The zero-order valence-electron chi connectivity index (χ0n) is 13.5. The second kappa shape index (κ2) is 6.82. The van der Waals surface area contributed by atoms with Gasteiger partial charge in [0.1, 0.15) is 23.5 Å². The molecule has 128 valence electrons. The number of hydrogen-bond donors (Lipinski definition) is 1. The van der Waals surface area contributed by atoms with E-state index < -0.39 is 0 Å². The van der Waals surface area contributed by atoms with Crippen LogP contribution in [0, 0.1) is 5.82 Å². The first kappa shape index (κ1) is 16.1.